The van der Waals surface area contributed by atoms with Gasteiger partial charge in [0.05, 0.1) is 11.2 Å². The molecule has 2 bridgehead atoms. The summed E-state index contributed by atoms with van der Waals surface area (Å²) in [6.45, 7) is 2.07. The van der Waals surface area contributed by atoms with Crippen LogP contribution in [0.2, 0.25) is 0 Å². The van der Waals surface area contributed by atoms with Crippen LogP contribution in [-0.2, 0) is 16.0 Å². The van der Waals surface area contributed by atoms with Crippen LogP contribution in [0.3, 0.4) is 0 Å². The van der Waals surface area contributed by atoms with E-state index in [-0.39, 0.29) is 23.8 Å². The van der Waals surface area contributed by atoms with Crippen LogP contribution in [0, 0.1) is 11.8 Å². The number of thiazole rings is 1. The van der Waals surface area contributed by atoms with Gasteiger partial charge in [-0.1, -0.05) is 0 Å². The summed E-state index contributed by atoms with van der Waals surface area (Å²) in [6.07, 6.45) is 7.61. The Bertz CT molecular complexity index is 892. The first kappa shape index (κ1) is 19.4. The molecule has 5 rings (SSSR count). The number of anilines is 1. The van der Waals surface area contributed by atoms with Crippen molar-refractivity contribution in [2.24, 2.45) is 11.8 Å². The van der Waals surface area contributed by atoms with E-state index in [4.69, 9.17) is 0 Å². The second-order valence-corrected chi connectivity index (χ2v) is 9.15. The van der Waals surface area contributed by atoms with E-state index in [0.29, 0.717) is 37.8 Å². The lowest BCUT2D eigenvalue weighted by Gasteiger charge is -2.55. The Kier molecular flexibility index (Phi) is 5.37. The van der Waals surface area contributed by atoms with Gasteiger partial charge in [-0.2, -0.15) is 0 Å². The van der Waals surface area contributed by atoms with Gasteiger partial charge in [-0.25, -0.2) is 15.0 Å². The summed E-state index contributed by atoms with van der Waals surface area (Å²) in [5.74, 6) is 1.25. The second-order valence-electron chi connectivity index (χ2n) is 8.44. The second kappa shape index (κ2) is 8.29. The third-order valence-corrected chi connectivity index (χ3v) is 7.24. The van der Waals surface area contributed by atoms with Gasteiger partial charge in [0.2, 0.25) is 17.8 Å². The molecule has 4 atom stereocenters. The van der Waals surface area contributed by atoms with Crippen molar-refractivity contribution >= 4 is 29.1 Å². The van der Waals surface area contributed by atoms with Crippen LogP contribution in [0.25, 0.3) is 0 Å². The zero-order valence-electron chi connectivity index (χ0n) is 16.8. The van der Waals surface area contributed by atoms with Gasteiger partial charge in [0.1, 0.15) is 6.04 Å². The first-order chi connectivity index (χ1) is 14.7. The molecule has 1 N–H and O–H groups in total. The number of hydrogen-bond donors (Lipinski definition) is 1. The molecule has 0 saturated carbocycles. The number of nitrogens with one attached hydrogen (secondary N) is 1. The summed E-state index contributed by atoms with van der Waals surface area (Å²) in [7, 11) is 0. The van der Waals surface area contributed by atoms with Crippen LogP contribution >= 0.6 is 11.3 Å². The number of rotatable bonds is 5. The van der Waals surface area contributed by atoms with E-state index in [1.54, 1.807) is 29.2 Å². The van der Waals surface area contributed by atoms with E-state index in [1.807, 2.05) is 16.3 Å². The lowest BCUT2D eigenvalue weighted by molar-refractivity contribution is -0.156. The molecule has 3 fully saturated rings. The summed E-state index contributed by atoms with van der Waals surface area (Å²) in [5.41, 5.74) is 2.79. The highest BCUT2D eigenvalue weighted by Crippen LogP contribution is 2.42. The minimum atomic E-state index is -0.416. The molecule has 158 valence electrons. The molecule has 0 unspecified atom stereocenters. The Balaban J connectivity index is 1.36. The molecule has 2 aromatic rings. The summed E-state index contributed by atoms with van der Waals surface area (Å²) in [6, 6.07) is 1.53. The van der Waals surface area contributed by atoms with Gasteiger partial charge in [-0.3, -0.25) is 9.59 Å². The minimum absolute atomic E-state index is 0.0373. The Morgan fingerprint density at radius 2 is 2.03 bits per heavy atom. The van der Waals surface area contributed by atoms with Crippen LogP contribution in [0.4, 0.5) is 5.95 Å². The molecule has 0 spiro atoms. The zero-order chi connectivity index (χ0) is 20.5. The quantitative estimate of drug-likeness (QED) is 0.779. The highest BCUT2D eigenvalue weighted by Gasteiger charge is 2.52. The van der Waals surface area contributed by atoms with E-state index >= 15 is 0 Å². The van der Waals surface area contributed by atoms with Gasteiger partial charge in [-0.15, -0.1) is 11.3 Å². The highest BCUT2D eigenvalue weighted by molar-refractivity contribution is 7.07. The van der Waals surface area contributed by atoms with Crippen LogP contribution in [0.15, 0.2) is 29.4 Å². The monoisotopic (exact) mass is 426 g/mol. The lowest BCUT2D eigenvalue weighted by atomic mass is 9.72. The van der Waals surface area contributed by atoms with E-state index < -0.39 is 6.04 Å². The zero-order valence-corrected chi connectivity index (χ0v) is 17.6. The Morgan fingerprint density at radius 3 is 2.83 bits per heavy atom. The normalized spacial score (nSPS) is 28.2. The van der Waals surface area contributed by atoms with Crippen LogP contribution in [0.5, 0.6) is 0 Å². The third kappa shape index (κ3) is 3.66. The van der Waals surface area contributed by atoms with Gasteiger partial charge in [0.25, 0.3) is 0 Å². The van der Waals surface area contributed by atoms with Crippen molar-refractivity contribution in [2.45, 2.75) is 44.2 Å². The van der Waals surface area contributed by atoms with Crippen molar-refractivity contribution in [3.8, 4) is 0 Å². The summed E-state index contributed by atoms with van der Waals surface area (Å²) >= 11 is 1.56. The highest BCUT2D eigenvalue weighted by atomic mass is 32.1. The number of piperidine rings is 3. The average molecular weight is 427 g/mol. The topological polar surface area (TPSA) is 91.3 Å². The Labute approximate surface area is 179 Å². The number of amides is 2. The number of carbonyl (C=O) groups excluding carboxylic acids is 2. The van der Waals surface area contributed by atoms with Crippen LogP contribution in [-0.4, -0.2) is 63.4 Å². The predicted molar refractivity (Wildman–Crippen MR) is 113 cm³/mol. The first-order valence-corrected chi connectivity index (χ1v) is 11.6. The van der Waals surface area contributed by atoms with Crippen LogP contribution in [0.1, 0.15) is 31.4 Å². The van der Waals surface area contributed by atoms with E-state index in [0.717, 1.165) is 31.5 Å². The summed E-state index contributed by atoms with van der Waals surface area (Å²) < 4.78 is 0. The fourth-order valence-electron chi connectivity index (χ4n) is 5.39. The van der Waals surface area contributed by atoms with Crippen molar-refractivity contribution in [3.63, 3.8) is 0 Å². The maximum atomic E-state index is 13.3. The summed E-state index contributed by atoms with van der Waals surface area (Å²) in [5, 5.41) is 5.08. The van der Waals surface area contributed by atoms with Crippen molar-refractivity contribution in [3.05, 3.63) is 35.0 Å². The molecule has 2 amide bonds. The number of nitrogens with zero attached hydrogens (tertiary/aromatic N) is 5. The van der Waals surface area contributed by atoms with Gasteiger partial charge in [0, 0.05) is 62.2 Å². The fourth-order valence-corrected chi connectivity index (χ4v) is 5.98. The van der Waals surface area contributed by atoms with Gasteiger partial charge >= 0.3 is 0 Å². The van der Waals surface area contributed by atoms with Crippen LogP contribution < -0.4 is 10.2 Å². The maximum absolute atomic E-state index is 13.3. The van der Waals surface area contributed by atoms with Gasteiger partial charge < -0.3 is 15.1 Å². The maximum Gasteiger partial charge on any atom is 0.243 e. The molecule has 0 aromatic carbocycles. The molecule has 5 heterocycles. The molecule has 2 aromatic heterocycles. The minimum Gasteiger partial charge on any atom is -0.354 e. The third-order valence-electron chi connectivity index (χ3n) is 6.61. The molecule has 0 radical (unpaired) electrons. The standard InChI is InChI=1S/C21H26N6O2S/c28-18-4-1-3-17-14-9-15(11-26(10-14)21-23-6-2-7-24-21)19(27(17)18)20(29)22-8-5-16-12-30-13-25-16/h2,6-7,12-15,17,19H,1,3-5,8-11H2,(H,22,29)/t14-,15+,17+,19-/m1/s1. The molecule has 3 aliphatic heterocycles. The molecule has 8 nitrogen and oxygen atoms in total. The van der Waals surface area contributed by atoms with E-state index in [9.17, 15) is 9.59 Å². The molecule has 30 heavy (non-hydrogen) atoms. The van der Waals surface area contributed by atoms with Crippen molar-refractivity contribution in [1.82, 2.24) is 25.2 Å². The SMILES string of the molecule is O=C(NCCc1cscn1)[C@H]1[C@H]2C[C@H](CN(c3ncccn3)C2)[C@@H]2CCCC(=O)N21. The number of fused-ring (bicyclic) bond motifs is 4. The smallest absolute Gasteiger partial charge is 0.243 e. The van der Waals surface area contributed by atoms with Gasteiger partial charge in [-0.05, 0) is 31.2 Å². The molecule has 3 saturated heterocycles. The fraction of sp³-hybridized carbons (Fsp3) is 0.571. The van der Waals surface area contributed by atoms with Crippen molar-refractivity contribution in [1.29, 1.82) is 0 Å². The van der Waals surface area contributed by atoms with E-state index in [1.165, 1.54) is 0 Å². The number of carbonyl (C=O) groups is 2. The number of hydrogen-bond acceptors (Lipinski definition) is 7. The Morgan fingerprint density at radius 1 is 1.20 bits per heavy atom. The van der Waals surface area contributed by atoms with Crippen molar-refractivity contribution < 1.29 is 9.59 Å². The van der Waals surface area contributed by atoms with E-state index in [2.05, 4.69) is 25.2 Å². The molecule has 3 aliphatic rings. The van der Waals surface area contributed by atoms with Gasteiger partial charge in [0.15, 0.2) is 0 Å². The summed E-state index contributed by atoms with van der Waals surface area (Å²) in [4.78, 5) is 43.4. The Hall–Kier alpha value is -2.55. The van der Waals surface area contributed by atoms with Crippen molar-refractivity contribution in [2.75, 3.05) is 24.5 Å². The molecule has 0 aliphatic carbocycles. The molecular formula is C21H26N6O2S. The lowest BCUT2D eigenvalue weighted by Crippen LogP contribution is -2.68. The largest absolute Gasteiger partial charge is 0.354 e. The molecular weight excluding hydrogens is 400 g/mol. The number of aromatic nitrogens is 3. The molecule has 9 heteroatoms. The average Bonchev–Trinajstić information content (AvgIpc) is 3.28. The predicted octanol–water partition coefficient (Wildman–Crippen LogP) is 1.50. The first-order valence-electron chi connectivity index (χ1n) is 10.7.